The summed E-state index contributed by atoms with van der Waals surface area (Å²) in [5.41, 5.74) is 0.947. The third-order valence-electron chi connectivity index (χ3n) is 3.37. The Bertz CT molecular complexity index is 635. The highest BCUT2D eigenvalue weighted by atomic mass is 19.4. The lowest BCUT2D eigenvalue weighted by Gasteiger charge is -2.20. The Kier molecular flexibility index (Phi) is 8.73. The number of ether oxygens (including phenoxy) is 1. The number of hydrogen-bond donors (Lipinski definition) is 1. The molecule has 0 heterocycles. The van der Waals surface area contributed by atoms with Gasteiger partial charge in [0.25, 0.3) is 0 Å². The van der Waals surface area contributed by atoms with Crippen molar-refractivity contribution >= 4 is 17.9 Å². The van der Waals surface area contributed by atoms with Crippen molar-refractivity contribution in [3.05, 3.63) is 35.9 Å². The molecule has 0 aliphatic heterocycles. The van der Waals surface area contributed by atoms with Crippen molar-refractivity contribution in [3.8, 4) is 0 Å². The van der Waals surface area contributed by atoms with Crippen molar-refractivity contribution in [3.63, 3.8) is 0 Å². The van der Waals surface area contributed by atoms with Crippen LogP contribution in [0.4, 0.5) is 13.2 Å². The van der Waals surface area contributed by atoms with E-state index in [1.165, 1.54) is 6.92 Å². The lowest BCUT2D eigenvalue weighted by atomic mass is 10.0. The predicted octanol–water partition coefficient (Wildman–Crippen LogP) is 2.09. The van der Waals surface area contributed by atoms with E-state index in [0.29, 0.717) is 6.42 Å². The molecule has 0 spiro atoms. The van der Waals surface area contributed by atoms with Crippen molar-refractivity contribution < 1.29 is 42.1 Å². The van der Waals surface area contributed by atoms with E-state index in [4.69, 9.17) is 4.74 Å². The van der Waals surface area contributed by atoms with Crippen LogP contribution in [0, 0.1) is 0 Å². The van der Waals surface area contributed by atoms with Gasteiger partial charge in [-0.15, -0.1) is 0 Å². The van der Waals surface area contributed by atoms with Gasteiger partial charge in [0.05, 0.1) is 6.61 Å². The fourth-order valence-corrected chi connectivity index (χ4v) is 2.04. The fourth-order valence-electron chi connectivity index (χ4n) is 2.04. The Labute approximate surface area is 153 Å². The van der Waals surface area contributed by atoms with Gasteiger partial charge in [0.15, 0.2) is 0 Å². The number of hydrogen-bond acceptors (Lipinski definition) is 7. The minimum atomic E-state index is -5.29. The summed E-state index contributed by atoms with van der Waals surface area (Å²) in [6, 6.07) is 7.08. The summed E-state index contributed by atoms with van der Waals surface area (Å²) in [5.74, 6) is -4.57. The van der Waals surface area contributed by atoms with Crippen LogP contribution < -0.4 is 5.32 Å². The molecule has 1 unspecified atom stereocenters. The average Bonchev–Trinajstić information content (AvgIpc) is 2.62. The molecule has 1 aromatic rings. The molecule has 0 radical (unpaired) electrons. The van der Waals surface area contributed by atoms with Crippen molar-refractivity contribution in [2.45, 2.75) is 44.9 Å². The largest absolute Gasteiger partial charge is 0.495 e. The van der Waals surface area contributed by atoms with Crippen LogP contribution in [0.5, 0.6) is 0 Å². The molecule has 0 fully saturated rings. The van der Waals surface area contributed by atoms with Gasteiger partial charge < -0.3 is 4.74 Å². The zero-order chi connectivity index (χ0) is 20.4. The Morgan fingerprint density at radius 3 is 2.26 bits per heavy atom. The number of carbonyl (C=O) groups excluding carboxylic acids is 3. The summed E-state index contributed by atoms with van der Waals surface area (Å²) in [7, 11) is 0. The van der Waals surface area contributed by atoms with E-state index in [9.17, 15) is 27.6 Å². The molecule has 1 N–H and O–H groups in total. The second-order valence-corrected chi connectivity index (χ2v) is 5.49. The Hall–Kier alpha value is -2.62. The molecule has 1 aromatic carbocycles. The first-order valence-electron chi connectivity index (χ1n) is 8.11. The maximum Gasteiger partial charge on any atom is 0.495 e. The number of aryl methyl sites for hydroxylation is 1. The van der Waals surface area contributed by atoms with E-state index >= 15 is 0 Å². The van der Waals surface area contributed by atoms with Gasteiger partial charge in [0, 0.05) is 0 Å². The van der Waals surface area contributed by atoms with Crippen LogP contribution in [0.1, 0.15) is 25.8 Å². The van der Waals surface area contributed by atoms with Crippen LogP contribution in [0.25, 0.3) is 0 Å². The van der Waals surface area contributed by atoms with E-state index in [1.807, 2.05) is 30.3 Å². The normalized spacial score (nSPS) is 13.4. The second-order valence-electron chi connectivity index (χ2n) is 5.49. The lowest BCUT2D eigenvalue weighted by Crippen LogP contribution is -2.47. The van der Waals surface area contributed by atoms with E-state index in [0.717, 1.165) is 5.56 Å². The van der Waals surface area contributed by atoms with Crippen LogP contribution in [-0.4, -0.2) is 42.8 Å². The third-order valence-corrected chi connectivity index (χ3v) is 3.37. The molecule has 0 aromatic heterocycles. The number of alkyl halides is 3. The molecule has 1 rings (SSSR count). The van der Waals surface area contributed by atoms with Gasteiger partial charge in [0.2, 0.25) is 0 Å². The fraction of sp³-hybridized carbons (Fsp3) is 0.471. The summed E-state index contributed by atoms with van der Waals surface area (Å²) in [5, 5.41) is 2.61. The van der Waals surface area contributed by atoms with Crippen LogP contribution in [0.15, 0.2) is 30.3 Å². The summed E-state index contributed by atoms with van der Waals surface area (Å²) in [6.45, 7) is 2.98. The molecule has 27 heavy (non-hydrogen) atoms. The molecular weight excluding hydrogens is 371 g/mol. The van der Waals surface area contributed by atoms with Crippen molar-refractivity contribution in [2.75, 3.05) is 6.61 Å². The standard InChI is InChI=1S/C17H20F3NO6/c1-3-25-15(23)13(10-9-12-7-5-4-6-8-12)21-11(2)14(22)26-27-16(24)17(18,19)20/h4-8,11,13,21H,3,9-10H2,1-2H3/t11?,13-/m0/s1. The van der Waals surface area contributed by atoms with Crippen LogP contribution in [0.2, 0.25) is 0 Å². The second kappa shape index (κ2) is 10.5. The summed E-state index contributed by atoms with van der Waals surface area (Å²) in [4.78, 5) is 41.6. The Balaban J connectivity index is 2.63. The number of esters is 1. The molecular formula is C17H20F3NO6. The number of rotatable bonds is 8. The molecule has 0 amide bonds. The zero-order valence-corrected chi connectivity index (χ0v) is 14.7. The topological polar surface area (TPSA) is 90.9 Å². The molecule has 0 aliphatic rings. The van der Waals surface area contributed by atoms with E-state index < -0.39 is 36.2 Å². The number of carbonyl (C=O) groups is 3. The Morgan fingerprint density at radius 1 is 1.07 bits per heavy atom. The molecule has 0 saturated carbocycles. The summed E-state index contributed by atoms with van der Waals surface area (Å²) >= 11 is 0. The minimum absolute atomic E-state index is 0.115. The van der Waals surface area contributed by atoms with Crippen LogP contribution in [0.3, 0.4) is 0 Å². The molecule has 0 bridgehead atoms. The highest BCUT2D eigenvalue weighted by molar-refractivity contribution is 5.80. The third kappa shape index (κ3) is 8.07. The smallest absolute Gasteiger partial charge is 0.465 e. The van der Waals surface area contributed by atoms with Crippen molar-refractivity contribution in [2.24, 2.45) is 0 Å². The van der Waals surface area contributed by atoms with Gasteiger partial charge in [-0.25, -0.2) is 19.4 Å². The van der Waals surface area contributed by atoms with Crippen molar-refractivity contribution in [1.82, 2.24) is 5.32 Å². The summed E-state index contributed by atoms with van der Waals surface area (Å²) in [6.07, 6.45) is -4.54. The highest BCUT2D eigenvalue weighted by Crippen LogP contribution is 2.16. The van der Waals surface area contributed by atoms with E-state index in [-0.39, 0.29) is 13.0 Å². The van der Waals surface area contributed by atoms with Crippen LogP contribution in [-0.2, 0) is 35.3 Å². The number of halogens is 3. The first-order chi connectivity index (χ1) is 12.6. The molecule has 0 aliphatic carbocycles. The van der Waals surface area contributed by atoms with Gasteiger partial charge in [-0.05, 0) is 32.3 Å². The minimum Gasteiger partial charge on any atom is -0.465 e. The van der Waals surface area contributed by atoms with Gasteiger partial charge in [-0.2, -0.15) is 13.2 Å². The molecule has 2 atom stereocenters. The Morgan fingerprint density at radius 2 is 1.70 bits per heavy atom. The first-order valence-corrected chi connectivity index (χ1v) is 8.11. The SMILES string of the molecule is CCOC(=O)[C@H](CCc1ccccc1)NC(C)C(=O)OOC(=O)C(F)(F)F. The number of nitrogens with one attached hydrogen (secondary N) is 1. The van der Waals surface area contributed by atoms with Crippen LogP contribution >= 0.6 is 0 Å². The summed E-state index contributed by atoms with van der Waals surface area (Å²) < 4.78 is 41.0. The molecule has 0 saturated heterocycles. The van der Waals surface area contributed by atoms with E-state index in [1.54, 1.807) is 6.92 Å². The van der Waals surface area contributed by atoms with Crippen molar-refractivity contribution in [1.29, 1.82) is 0 Å². The van der Waals surface area contributed by atoms with E-state index in [2.05, 4.69) is 15.1 Å². The molecule has 7 nitrogen and oxygen atoms in total. The monoisotopic (exact) mass is 391 g/mol. The highest BCUT2D eigenvalue weighted by Gasteiger charge is 2.43. The quantitative estimate of drug-likeness (QED) is 0.412. The first kappa shape index (κ1) is 22.4. The average molecular weight is 391 g/mol. The van der Waals surface area contributed by atoms with Gasteiger partial charge in [-0.3, -0.25) is 10.1 Å². The lowest BCUT2D eigenvalue weighted by molar-refractivity contribution is -0.286. The number of benzene rings is 1. The van der Waals surface area contributed by atoms with Gasteiger partial charge in [0.1, 0.15) is 12.1 Å². The van der Waals surface area contributed by atoms with Gasteiger partial charge >= 0.3 is 24.1 Å². The zero-order valence-electron chi connectivity index (χ0n) is 14.7. The van der Waals surface area contributed by atoms with Gasteiger partial charge in [-0.1, -0.05) is 30.3 Å². The maximum atomic E-state index is 12.0. The molecule has 10 heteroatoms. The molecule has 150 valence electrons. The maximum absolute atomic E-state index is 12.0. The predicted molar refractivity (Wildman–Crippen MR) is 86.0 cm³/mol.